The van der Waals surface area contributed by atoms with Gasteiger partial charge in [0.15, 0.2) is 0 Å². The van der Waals surface area contributed by atoms with Gasteiger partial charge in [0, 0.05) is 0 Å². The van der Waals surface area contributed by atoms with Crippen LogP contribution in [0.15, 0.2) is 97.1 Å². The molecule has 0 aromatic heterocycles. The third-order valence-electron chi connectivity index (χ3n) is 6.13. The van der Waals surface area contributed by atoms with Crippen LogP contribution < -0.4 is 0 Å². The Hall–Kier alpha value is -3.12. The van der Waals surface area contributed by atoms with Crippen LogP contribution >= 0.6 is 0 Å². The highest BCUT2D eigenvalue weighted by molar-refractivity contribution is 6.19. The van der Waals surface area contributed by atoms with Crippen molar-refractivity contribution in [1.82, 2.24) is 0 Å². The van der Waals surface area contributed by atoms with Crippen LogP contribution in [-0.2, 0) is 0 Å². The molecule has 0 amide bonds. The minimum atomic E-state index is 0.548. The van der Waals surface area contributed by atoms with Gasteiger partial charge in [0.2, 0.25) is 0 Å². The van der Waals surface area contributed by atoms with E-state index in [-0.39, 0.29) is 0 Å². The van der Waals surface area contributed by atoms with E-state index >= 15 is 0 Å². The summed E-state index contributed by atoms with van der Waals surface area (Å²) in [5.74, 6) is 1.14. The highest BCUT2D eigenvalue weighted by Crippen LogP contribution is 2.43. The predicted molar refractivity (Wildman–Crippen MR) is 122 cm³/mol. The van der Waals surface area contributed by atoms with E-state index in [1.54, 1.807) is 0 Å². The first-order valence-electron chi connectivity index (χ1n) is 10.1. The van der Waals surface area contributed by atoms with Gasteiger partial charge in [-0.05, 0) is 55.6 Å². The lowest BCUT2D eigenvalue weighted by atomic mass is 9.81. The SMILES string of the molecule is CC1C=CC(c2c3ccccc3c(-c3ccccc3)c3ccccc23)=CC1C. The summed E-state index contributed by atoms with van der Waals surface area (Å²) in [7, 11) is 0. The van der Waals surface area contributed by atoms with Crippen molar-refractivity contribution in [2.24, 2.45) is 11.8 Å². The number of hydrogen-bond acceptors (Lipinski definition) is 0. The van der Waals surface area contributed by atoms with Crippen molar-refractivity contribution in [3.8, 4) is 11.1 Å². The molecule has 0 bridgehead atoms. The van der Waals surface area contributed by atoms with Crippen LogP contribution in [0.2, 0.25) is 0 Å². The van der Waals surface area contributed by atoms with E-state index in [0.29, 0.717) is 11.8 Å². The Kier molecular flexibility index (Phi) is 4.13. The minimum Gasteiger partial charge on any atom is -0.0805 e. The zero-order valence-electron chi connectivity index (χ0n) is 16.4. The van der Waals surface area contributed by atoms with E-state index in [0.717, 1.165) is 0 Å². The van der Waals surface area contributed by atoms with Crippen LogP contribution in [0, 0.1) is 11.8 Å². The van der Waals surface area contributed by atoms with Gasteiger partial charge in [-0.3, -0.25) is 0 Å². The molecule has 1 aliphatic rings. The Labute approximate surface area is 166 Å². The monoisotopic (exact) mass is 360 g/mol. The second-order valence-corrected chi connectivity index (χ2v) is 7.91. The molecule has 0 heteroatoms. The number of allylic oxidation sites excluding steroid dienone is 4. The molecule has 4 aromatic carbocycles. The van der Waals surface area contributed by atoms with E-state index in [9.17, 15) is 0 Å². The topological polar surface area (TPSA) is 0 Å². The van der Waals surface area contributed by atoms with Gasteiger partial charge in [0.05, 0.1) is 0 Å². The molecule has 4 aromatic rings. The molecule has 0 heterocycles. The first kappa shape index (κ1) is 17.0. The minimum absolute atomic E-state index is 0.548. The van der Waals surface area contributed by atoms with Crippen molar-refractivity contribution < 1.29 is 0 Å². The average molecular weight is 361 g/mol. The van der Waals surface area contributed by atoms with Crippen LogP contribution in [0.25, 0.3) is 38.2 Å². The third kappa shape index (κ3) is 2.68. The van der Waals surface area contributed by atoms with Gasteiger partial charge >= 0.3 is 0 Å². The van der Waals surface area contributed by atoms with Crippen molar-refractivity contribution in [1.29, 1.82) is 0 Å². The van der Waals surface area contributed by atoms with Crippen molar-refractivity contribution in [2.75, 3.05) is 0 Å². The van der Waals surface area contributed by atoms with Gasteiger partial charge in [-0.1, -0.05) is 111 Å². The second-order valence-electron chi connectivity index (χ2n) is 7.91. The molecule has 0 N–H and O–H groups in total. The maximum atomic E-state index is 2.45. The van der Waals surface area contributed by atoms with Crippen LogP contribution in [0.5, 0.6) is 0 Å². The maximum absolute atomic E-state index is 2.45. The summed E-state index contributed by atoms with van der Waals surface area (Å²) in [6.07, 6.45) is 7.12. The highest BCUT2D eigenvalue weighted by atomic mass is 14.2. The molecule has 0 radical (unpaired) electrons. The molecule has 136 valence electrons. The predicted octanol–water partition coefficient (Wildman–Crippen LogP) is 7.89. The average Bonchev–Trinajstić information content (AvgIpc) is 2.74. The molecular formula is C28H24. The quantitative estimate of drug-likeness (QED) is 0.319. The second kappa shape index (κ2) is 6.80. The summed E-state index contributed by atoms with van der Waals surface area (Å²) in [4.78, 5) is 0. The van der Waals surface area contributed by atoms with Gasteiger partial charge in [-0.2, -0.15) is 0 Å². The van der Waals surface area contributed by atoms with Gasteiger partial charge in [0.25, 0.3) is 0 Å². The Morgan fingerprint density at radius 2 is 1.04 bits per heavy atom. The van der Waals surface area contributed by atoms with Crippen molar-refractivity contribution in [3.63, 3.8) is 0 Å². The van der Waals surface area contributed by atoms with E-state index in [1.807, 2.05) is 0 Å². The lowest BCUT2D eigenvalue weighted by molar-refractivity contribution is 0.554. The van der Waals surface area contributed by atoms with Crippen molar-refractivity contribution >= 4 is 27.1 Å². The van der Waals surface area contributed by atoms with Gasteiger partial charge in [-0.15, -0.1) is 0 Å². The molecule has 2 atom stereocenters. The molecule has 0 spiro atoms. The summed E-state index contributed by atoms with van der Waals surface area (Å²) in [6, 6.07) is 28.5. The fourth-order valence-electron chi connectivity index (χ4n) is 4.44. The molecule has 2 unspecified atom stereocenters. The lowest BCUT2D eigenvalue weighted by Gasteiger charge is -2.23. The fourth-order valence-corrected chi connectivity index (χ4v) is 4.44. The summed E-state index contributed by atoms with van der Waals surface area (Å²) in [5.41, 5.74) is 5.31. The van der Waals surface area contributed by atoms with E-state index < -0.39 is 0 Å². The normalized spacial score (nSPS) is 19.1. The maximum Gasteiger partial charge on any atom is -0.00264 e. The number of rotatable bonds is 2. The fraction of sp³-hybridized carbons (Fsp3) is 0.143. The van der Waals surface area contributed by atoms with Crippen LogP contribution in [0.4, 0.5) is 0 Å². The van der Waals surface area contributed by atoms with Crippen molar-refractivity contribution in [3.05, 3.63) is 103 Å². The molecule has 5 rings (SSSR count). The first-order chi connectivity index (χ1) is 13.7. The van der Waals surface area contributed by atoms with Crippen molar-refractivity contribution in [2.45, 2.75) is 13.8 Å². The molecule has 28 heavy (non-hydrogen) atoms. The Balaban J connectivity index is 1.93. The summed E-state index contributed by atoms with van der Waals surface area (Å²) in [6.45, 7) is 4.61. The summed E-state index contributed by atoms with van der Waals surface area (Å²) in [5, 5.41) is 5.31. The van der Waals surface area contributed by atoms with Gasteiger partial charge < -0.3 is 0 Å². The molecule has 0 aliphatic heterocycles. The Morgan fingerprint density at radius 1 is 0.536 bits per heavy atom. The van der Waals surface area contributed by atoms with Crippen LogP contribution in [0.3, 0.4) is 0 Å². The van der Waals surface area contributed by atoms with E-state index in [1.165, 1.54) is 43.8 Å². The standard InChI is InChI=1S/C28H24/c1-19-16-17-22(18-20(19)2)28-25-14-8-6-12-23(25)27(21-10-4-3-5-11-21)24-13-7-9-15-26(24)28/h3-20H,1-2H3. The zero-order chi connectivity index (χ0) is 19.1. The summed E-state index contributed by atoms with van der Waals surface area (Å²) >= 11 is 0. The zero-order valence-corrected chi connectivity index (χ0v) is 16.4. The molecule has 0 saturated heterocycles. The third-order valence-corrected chi connectivity index (χ3v) is 6.13. The molecule has 0 nitrogen and oxygen atoms in total. The van der Waals surface area contributed by atoms with Crippen LogP contribution in [0.1, 0.15) is 19.4 Å². The molecule has 0 saturated carbocycles. The molecule has 1 aliphatic carbocycles. The molecule has 0 fully saturated rings. The largest absolute Gasteiger partial charge is 0.0805 e. The van der Waals surface area contributed by atoms with E-state index in [4.69, 9.17) is 0 Å². The van der Waals surface area contributed by atoms with Gasteiger partial charge in [-0.25, -0.2) is 0 Å². The number of fused-ring (bicyclic) bond motifs is 2. The molecular weight excluding hydrogens is 336 g/mol. The number of hydrogen-bond donors (Lipinski definition) is 0. The highest BCUT2D eigenvalue weighted by Gasteiger charge is 2.19. The van der Waals surface area contributed by atoms with Crippen LogP contribution in [-0.4, -0.2) is 0 Å². The first-order valence-corrected chi connectivity index (χ1v) is 10.1. The van der Waals surface area contributed by atoms with Gasteiger partial charge in [0.1, 0.15) is 0 Å². The van der Waals surface area contributed by atoms with E-state index in [2.05, 4.69) is 111 Å². The lowest BCUT2D eigenvalue weighted by Crippen LogP contribution is -2.07. The Bertz CT molecular complexity index is 1170. The Morgan fingerprint density at radius 3 is 1.57 bits per heavy atom. The summed E-state index contributed by atoms with van der Waals surface area (Å²) < 4.78 is 0. The number of benzene rings is 4. The smallest absolute Gasteiger partial charge is 0.00264 e.